The predicted octanol–water partition coefficient (Wildman–Crippen LogP) is 0.672. The van der Waals surface area contributed by atoms with Crippen LogP contribution in [0.5, 0.6) is 0 Å². The van der Waals surface area contributed by atoms with Crippen molar-refractivity contribution in [1.29, 1.82) is 0 Å². The van der Waals surface area contributed by atoms with Gasteiger partial charge in [-0.3, -0.25) is 24.6 Å². The molecule has 0 unspecified atom stereocenters. The highest BCUT2D eigenvalue weighted by Crippen LogP contribution is 2.49. The van der Waals surface area contributed by atoms with Crippen molar-refractivity contribution in [3.8, 4) is 0 Å². The number of non-ortho nitro benzene ring substituents is 1. The fraction of sp³-hybridized carbons (Fsp3) is 0.389. The summed E-state index contributed by atoms with van der Waals surface area (Å²) in [7, 11) is 1.38. The highest BCUT2D eigenvalue weighted by molar-refractivity contribution is 8.00. The average Bonchev–Trinajstić information content (AvgIpc) is 2.74. The average molecular weight is 437 g/mol. The van der Waals surface area contributed by atoms with Gasteiger partial charge in [-0.15, -0.1) is 0 Å². The van der Waals surface area contributed by atoms with Gasteiger partial charge in [0.1, 0.15) is 25.0 Å². The summed E-state index contributed by atoms with van der Waals surface area (Å²) in [6.45, 7) is 0.860. The molecule has 0 radical (unpaired) electrons. The molecule has 1 aromatic carbocycles. The normalized spacial score (nSPS) is 22.8. The van der Waals surface area contributed by atoms with E-state index in [1.54, 1.807) is 0 Å². The Morgan fingerprint density at radius 2 is 1.97 bits per heavy atom. The van der Waals surface area contributed by atoms with Crippen LogP contribution in [0.25, 0.3) is 0 Å². The number of hydrogen-bond donors (Lipinski definition) is 1. The van der Waals surface area contributed by atoms with Crippen LogP contribution < -0.4 is 5.73 Å². The molecule has 2 heterocycles. The Morgan fingerprint density at radius 3 is 2.53 bits per heavy atom. The molecule has 1 saturated heterocycles. The molecule has 2 N–H and O–H groups in total. The number of nitro groups is 1. The van der Waals surface area contributed by atoms with E-state index in [0.29, 0.717) is 11.1 Å². The lowest BCUT2D eigenvalue weighted by molar-refractivity contribution is -0.384. The van der Waals surface area contributed by atoms with Crippen molar-refractivity contribution in [1.82, 2.24) is 4.90 Å². The Hall–Kier alpha value is -2.96. The molecule has 2 atom stereocenters. The molecular weight excluding hydrogens is 418 g/mol. The van der Waals surface area contributed by atoms with Crippen LogP contribution in [-0.4, -0.2) is 58.2 Å². The fourth-order valence-electron chi connectivity index (χ4n) is 3.10. The van der Waals surface area contributed by atoms with E-state index in [2.05, 4.69) is 0 Å². The first-order valence-corrected chi connectivity index (χ1v) is 9.74. The number of rotatable bonds is 7. The summed E-state index contributed by atoms with van der Waals surface area (Å²) in [5.41, 5.74) is 6.64. The number of nitro benzene ring substituents is 1. The number of carbonyl (C=O) groups excluding carboxylic acids is 3. The number of fused-ring (bicyclic) bond motifs is 1. The van der Waals surface area contributed by atoms with Crippen LogP contribution in [0.1, 0.15) is 12.5 Å². The third kappa shape index (κ3) is 3.76. The molecule has 0 spiro atoms. The predicted molar refractivity (Wildman–Crippen MR) is 104 cm³/mol. The van der Waals surface area contributed by atoms with Crippen LogP contribution in [0, 0.1) is 10.1 Å². The van der Waals surface area contributed by atoms with E-state index < -0.39 is 33.9 Å². The molecule has 11 nitrogen and oxygen atoms in total. The van der Waals surface area contributed by atoms with Gasteiger partial charge >= 0.3 is 11.9 Å². The molecule has 0 bridgehead atoms. The highest BCUT2D eigenvalue weighted by atomic mass is 32.2. The summed E-state index contributed by atoms with van der Waals surface area (Å²) >= 11 is 1.21. The molecule has 2 aliphatic rings. The quantitative estimate of drug-likeness (QED) is 0.279. The van der Waals surface area contributed by atoms with Crippen LogP contribution in [0.4, 0.5) is 5.69 Å². The van der Waals surface area contributed by atoms with Gasteiger partial charge in [0, 0.05) is 37.5 Å². The van der Waals surface area contributed by atoms with E-state index in [4.69, 9.17) is 19.9 Å². The third-order valence-corrected chi connectivity index (χ3v) is 6.17. The van der Waals surface area contributed by atoms with Gasteiger partial charge in [0.15, 0.2) is 0 Å². The fourth-order valence-corrected chi connectivity index (χ4v) is 4.41. The number of hydrogen-bond acceptors (Lipinski definition) is 10. The molecule has 0 saturated carbocycles. The van der Waals surface area contributed by atoms with Gasteiger partial charge in [-0.05, 0) is 17.7 Å². The van der Waals surface area contributed by atoms with E-state index >= 15 is 0 Å². The van der Waals surface area contributed by atoms with E-state index in [0.717, 1.165) is 4.90 Å². The number of methoxy groups -OCH3 is 1. The van der Waals surface area contributed by atoms with E-state index in [1.165, 1.54) is 50.1 Å². The lowest BCUT2D eigenvalue weighted by atomic mass is 10.0. The molecule has 12 heteroatoms. The summed E-state index contributed by atoms with van der Waals surface area (Å²) < 4.78 is 15.8. The molecule has 0 aliphatic carbocycles. The Bertz CT molecular complexity index is 932. The third-order valence-electron chi connectivity index (χ3n) is 4.66. The second-order valence-corrected chi connectivity index (χ2v) is 7.67. The molecule has 1 fully saturated rings. The lowest BCUT2D eigenvalue weighted by Crippen LogP contribution is -2.78. The Labute approximate surface area is 175 Å². The number of β-lactam (4-membered cyclic amide) rings is 1. The van der Waals surface area contributed by atoms with Crippen molar-refractivity contribution in [2.45, 2.75) is 24.6 Å². The van der Waals surface area contributed by atoms with Gasteiger partial charge < -0.3 is 19.9 Å². The summed E-state index contributed by atoms with van der Waals surface area (Å²) in [4.78, 5) is 47.8. The second kappa shape index (κ2) is 8.42. The highest BCUT2D eigenvalue weighted by Gasteiger charge is 2.64. The van der Waals surface area contributed by atoms with Crippen LogP contribution in [0.2, 0.25) is 0 Å². The number of amides is 1. The van der Waals surface area contributed by atoms with Gasteiger partial charge in [-0.25, -0.2) is 4.79 Å². The van der Waals surface area contributed by atoms with Crippen molar-refractivity contribution in [3.05, 3.63) is 51.2 Å². The maximum Gasteiger partial charge on any atom is 0.355 e. The summed E-state index contributed by atoms with van der Waals surface area (Å²) in [6, 6.07) is 4.54. The SMILES string of the molecule is CO[C@]12SCC(COC(C)=O)=C(C(=O)OCc3ccc([N+](=O)[O-])cc3)N1C(=O)[C@@H]2N. The summed E-state index contributed by atoms with van der Waals surface area (Å²) in [5.74, 6) is -1.65. The minimum Gasteiger partial charge on any atom is -0.461 e. The van der Waals surface area contributed by atoms with E-state index in [9.17, 15) is 24.5 Å². The van der Waals surface area contributed by atoms with E-state index in [1.807, 2.05) is 0 Å². The van der Waals surface area contributed by atoms with Crippen molar-refractivity contribution in [3.63, 3.8) is 0 Å². The topological polar surface area (TPSA) is 151 Å². The zero-order valence-electron chi connectivity index (χ0n) is 16.2. The van der Waals surface area contributed by atoms with Gasteiger partial charge in [0.25, 0.3) is 11.6 Å². The van der Waals surface area contributed by atoms with Crippen molar-refractivity contribution in [2.24, 2.45) is 5.73 Å². The number of thioether (sulfide) groups is 1. The molecule has 1 aromatic rings. The summed E-state index contributed by atoms with van der Waals surface area (Å²) in [6.07, 6.45) is 0. The minimum absolute atomic E-state index is 0.0783. The zero-order valence-corrected chi connectivity index (χ0v) is 17.0. The maximum absolute atomic E-state index is 12.9. The monoisotopic (exact) mass is 437 g/mol. The molecule has 0 aromatic heterocycles. The first kappa shape index (κ1) is 21.7. The van der Waals surface area contributed by atoms with Crippen molar-refractivity contribution < 1.29 is 33.5 Å². The second-order valence-electron chi connectivity index (χ2n) is 6.51. The minimum atomic E-state index is -1.24. The maximum atomic E-state index is 12.9. The Morgan fingerprint density at radius 1 is 1.30 bits per heavy atom. The van der Waals surface area contributed by atoms with Gasteiger partial charge in [-0.2, -0.15) is 0 Å². The van der Waals surface area contributed by atoms with Gasteiger partial charge in [0.2, 0.25) is 5.06 Å². The van der Waals surface area contributed by atoms with Crippen LogP contribution >= 0.6 is 11.8 Å². The van der Waals surface area contributed by atoms with Gasteiger partial charge in [-0.1, -0.05) is 11.8 Å². The molecule has 2 aliphatic heterocycles. The van der Waals surface area contributed by atoms with E-state index in [-0.39, 0.29) is 30.4 Å². The first-order valence-electron chi connectivity index (χ1n) is 8.76. The Kier molecular flexibility index (Phi) is 6.10. The smallest absolute Gasteiger partial charge is 0.355 e. The zero-order chi connectivity index (χ0) is 22.1. The van der Waals surface area contributed by atoms with Crippen LogP contribution in [0.15, 0.2) is 35.5 Å². The number of benzene rings is 1. The molecule has 30 heavy (non-hydrogen) atoms. The van der Waals surface area contributed by atoms with Gasteiger partial charge in [0.05, 0.1) is 4.92 Å². The number of nitrogens with two attached hydrogens (primary N) is 1. The first-order chi connectivity index (χ1) is 14.2. The molecule has 1 amide bonds. The molecule has 160 valence electrons. The van der Waals surface area contributed by atoms with Crippen LogP contribution in [0.3, 0.4) is 0 Å². The van der Waals surface area contributed by atoms with Crippen molar-refractivity contribution in [2.75, 3.05) is 19.5 Å². The number of carbonyl (C=O) groups is 3. The van der Waals surface area contributed by atoms with Crippen molar-refractivity contribution >= 4 is 35.3 Å². The number of ether oxygens (including phenoxy) is 3. The largest absolute Gasteiger partial charge is 0.461 e. The van der Waals surface area contributed by atoms with Crippen LogP contribution in [-0.2, 0) is 35.2 Å². The summed E-state index contributed by atoms with van der Waals surface area (Å²) in [5, 5.41) is 9.50. The number of esters is 2. The number of nitrogens with zero attached hydrogens (tertiary/aromatic N) is 2. The Balaban J connectivity index is 1.83. The standard InChI is InChI=1S/C18H19N3O8S/c1-10(22)28-8-12-9-30-18(27-2)15(19)16(23)20(18)14(12)17(24)29-7-11-3-5-13(6-4-11)21(25)26/h3-6,15H,7-9,19H2,1-2H3/t15-,18+/m0/s1. The lowest BCUT2D eigenvalue weighted by Gasteiger charge is -2.56. The molecular formula is C18H19N3O8S. The molecule has 3 rings (SSSR count).